The third kappa shape index (κ3) is 5.87. The topological polar surface area (TPSA) is 49.4 Å². The molecule has 0 aliphatic carbocycles. The van der Waals surface area contributed by atoms with Gasteiger partial charge in [0, 0.05) is 17.6 Å². The smallest absolute Gasteiger partial charge is 0.239 e. The molecule has 1 rings (SSSR count). The third-order valence-corrected chi connectivity index (χ3v) is 3.89. The summed E-state index contributed by atoms with van der Waals surface area (Å²) in [7, 11) is 0. The summed E-state index contributed by atoms with van der Waals surface area (Å²) in [6, 6.07) is 7.41. The van der Waals surface area contributed by atoms with E-state index in [0.29, 0.717) is 11.6 Å². The van der Waals surface area contributed by atoms with Gasteiger partial charge < -0.3 is 10.2 Å². The monoisotopic (exact) mass is 338 g/mol. The van der Waals surface area contributed by atoms with Crippen LogP contribution in [0.4, 0.5) is 0 Å². The molecule has 0 saturated heterocycles. The van der Waals surface area contributed by atoms with E-state index < -0.39 is 0 Å². The van der Waals surface area contributed by atoms with Crippen LogP contribution >= 0.6 is 11.6 Å². The first kappa shape index (κ1) is 19.5. The summed E-state index contributed by atoms with van der Waals surface area (Å²) in [4.78, 5) is 26.5. The van der Waals surface area contributed by atoms with E-state index >= 15 is 0 Å². The highest BCUT2D eigenvalue weighted by Gasteiger charge is 2.29. The van der Waals surface area contributed by atoms with Crippen molar-refractivity contribution in [3.63, 3.8) is 0 Å². The molecule has 0 bridgehead atoms. The molecule has 0 aromatic heterocycles. The second-order valence-corrected chi connectivity index (χ2v) is 6.78. The molecule has 0 heterocycles. The van der Waals surface area contributed by atoms with Gasteiger partial charge in [0.2, 0.25) is 11.8 Å². The molecule has 4 nitrogen and oxygen atoms in total. The third-order valence-electron chi connectivity index (χ3n) is 3.64. The summed E-state index contributed by atoms with van der Waals surface area (Å²) < 4.78 is 0. The highest BCUT2D eigenvalue weighted by Crippen LogP contribution is 2.27. The number of hydrogen-bond acceptors (Lipinski definition) is 2. The first-order chi connectivity index (χ1) is 10.8. The Kier molecular flexibility index (Phi) is 7.56. The lowest BCUT2D eigenvalue weighted by Crippen LogP contribution is -2.45. The highest BCUT2D eigenvalue weighted by molar-refractivity contribution is 6.30. The molecule has 1 aromatic carbocycles. The number of hydrogen-bond donors (Lipinski definition) is 1. The van der Waals surface area contributed by atoms with Crippen molar-refractivity contribution < 1.29 is 9.59 Å². The minimum atomic E-state index is -0.279. The van der Waals surface area contributed by atoms with E-state index in [-0.39, 0.29) is 36.2 Å². The number of benzene rings is 1. The Labute approximate surface area is 144 Å². The van der Waals surface area contributed by atoms with E-state index in [1.807, 2.05) is 46.8 Å². The zero-order valence-corrected chi connectivity index (χ0v) is 15.4. The SMILES string of the molecule is CCN(CC(=O)NC(C)C)C(=O)[C@@H](c1ccc(Cl)cc1)C(C)C. The fourth-order valence-electron chi connectivity index (χ4n) is 2.57. The van der Waals surface area contributed by atoms with Gasteiger partial charge in [-0.2, -0.15) is 0 Å². The molecule has 5 heteroatoms. The number of halogens is 1. The Morgan fingerprint density at radius 1 is 1.13 bits per heavy atom. The van der Waals surface area contributed by atoms with Crippen LogP contribution in [0.5, 0.6) is 0 Å². The highest BCUT2D eigenvalue weighted by atomic mass is 35.5. The van der Waals surface area contributed by atoms with Crippen LogP contribution in [0.2, 0.25) is 5.02 Å². The molecule has 23 heavy (non-hydrogen) atoms. The molecule has 128 valence electrons. The predicted octanol–water partition coefficient (Wildman–Crippen LogP) is 3.45. The zero-order chi connectivity index (χ0) is 17.6. The molecule has 2 amide bonds. The van der Waals surface area contributed by atoms with Gasteiger partial charge in [0.05, 0.1) is 12.5 Å². The number of amides is 2. The number of nitrogens with zero attached hydrogens (tertiary/aromatic N) is 1. The van der Waals surface area contributed by atoms with E-state index in [2.05, 4.69) is 5.32 Å². The number of carbonyl (C=O) groups excluding carboxylic acids is 2. The van der Waals surface area contributed by atoms with Crippen molar-refractivity contribution in [2.24, 2.45) is 5.92 Å². The van der Waals surface area contributed by atoms with E-state index in [0.717, 1.165) is 5.56 Å². The molecule has 1 atom stereocenters. The van der Waals surface area contributed by atoms with Crippen molar-refractivity contribution in [3.05, 3.63) is 34.9 Å². The molecule has 1 N–H and O–H groups in total. The van der Waals surface area contributed by atoms with Gasteiger partial charge in [-0.05, 0) is 44.4 Å². The van der Waals surface area contributed by atoms with Crippen LogP contribution in [-0.4, -0.2) is 35.8 Å². The fraction of sp³-hybridized carbons (Fsp3) is 0.556. The van der Waals surface area contributed by atoms with Gasteiger partial charge in [-0.15, -0.1) is 0 Å². The van der Waals surface area contributed by atoms with Gasteiger partial charge in [0.25, 0.3) is 0 Å². The van der Waals surface area contributed by atoms with Crippen LogP contribution in [0.25, 0.3) is 0 Å². The standard InChI is InChI=1S/C18H27ClN2O2/c1-6-21(11-16(22)20-13(4)5)18(23)17(12(2)3)14-7-9-15(19)10-8-14/h7-10,12-13,17H,6,11H2,1-5H3,(H,20,22)/t17-/m1/s1. The van der Waals surface area contributed by atoms with Crippen LogP contribution in [0.3, 0.4) is 0 Å². The van der Waals surface area contributed by atoms with Gasteiger partial charge >= 0.3 is 0 Å². The maximum Gasteiger partial charge on any atom is 0.239 e. The van der Waals surface area contributed by atoms with Gasteiger partial charge in [0.1, 0.15) is 0 Å². The maximum atomic E-state index is 12.9. The molecule has 0 saturated carbocycles. The van der Waals surface area contributed by atoms with Gasteiger partial charge in [-0.1, -0.05) is 37.6 Å². The first-order valence-electron chi connectivity index (χ1n) is 8.09. The van der Waals surface area contributed by atoms with E-state index in [1.165, 1.54) is 0 Å². The van der Waals surface area contributed by atoms with Crippen molar-refractivity contribution in [2.75, 3.05) is 13.1 Å². The quantitative estimate of drug-likeness (QED) is 0.827. The van der Waals surface area contributed by atoms with Crippen LogP contribution in [0.15, 0.2) is 24.3 Å². The first-order valence-corrected chi connectivity index (χ1v) is 8.47. The van der Waals surface area contributed by atoms with Crippen LogP contribution < -0.4 is 5.32 Å². The summed E-state index contributed by atoms with van der Waals surface area (Å²) >= 11 is 5.93. The molecule has 0 spiro atoms. The molecular weight excluding hydrogens is 312 g/mol. The Balaban J connectivity index is 2.94. The molecular formula is C18H27ClN2O2. The van der Waals surface area contributed by atoms with Crippen molar-refractivity contribution >= 4 is 23.4 Å². The van der Waals surface area contributed by atoms with Crippen LogP contribution in [0.1, 0.15) is 46.1 Å². The van der Waals surface area contributed by atoms with E-state index in [4.69, 9.17) is 11.6 Å². The van der Waals surface area contributed by atoms with Gasteiger partial charge in [-0.25, -0.2) is 0 Å². The summed E-state index contributed by atoms with van der Waals surface area (Å²) in [5, 5.41) is 3.47. The van der Waals surface area contributed by atoms with Crippen molar-refractivity contribution in [1.82, 2.24) is 10.2 Å². The minimum Gasteiger partial charge on any atom is -0.352 e. The Hall–Kier alpha value is -1.55. The zero-order valence-electron chi connectivity index (χ0n) is 14.6. The van der Waals surface area contributed by atoms with Gasteiger partial charge in [-0.3, -0.25) is 9.59 Å². The average molecular weight is 339 g/mol. The lowest BCUT2D eigenvalue weighted by molar-refractivity contribution is -0.138. The molecule has 0 unspecified atom stereocenters. The normalized spacial score (nSPS) is 12.3. The number of rotatable bonds is 7. The van der Waals surface area contributed by atoms with E-state index in [9.17, 15) is 9.59 Å². The summed E-state index contributed by atoms with van der Waals surface area (Å²) in [5.74, 6) is -0.303. The molecule has 0 aliphatic rings. The van der Waals surface area contributed by atoms with Crippen LogP contribution in [-0.2, 0) is 9.59 Å². The second-order valence-electron chi connectivity index (χ2n) is 6.35. The van der Waals surface area contributed by atoms with Gasteiger partial charge in [0.15, 0.2) is 0 Å². The summed E-state index contributed by atoms with van der Waals surface area (Å²) in [6.07, 6.45) is 0. The lowest BCUT2D eigenvalue weighted by atomic mass is 9.87. The van der Waals surface area contributed by atoms with Crippen molar-refractivity contribution in [3.8, 4) is 0 Å². The number of carbonyl (C=O) groups is 2. The lowest BCUT2D eigenvalue weighted by Gasteiger charge is -2.28. The molecule has 1 aromatic rings. The average Bonchev–Trinajstić information content (AvgIpc) is 2.45. The second kappa shape index (κ2) is 8.92. The summed E-state index contributed by atoms with van der Waals surface area (Å²) in [5.41, 5.74) is 0.928. The fourth-order valence-corrected chi connectivity index (χ4v) is 2.69. The van der Waals surface area contributed by atoms with Crippen molar-refractivity contribution in [1.29, 1.82) is 0 Å². The minimum absolute atomic E-state index is 0.0243. The molecule has 0 aliphatic heterocycles. The predicted molar refractivity (Wildman–Crippen MR) is 94.6 cm³/mol. The number of nitrogens with one attached hydrogen (secondary N) is 1. The Bertz CT molecular complexity index is 526. The Morgan fingerprint density at radius 3 is 2.13 bits per heavy atom. The molecule has 0 radical (unpaired) electrons. The maximum absolute atomic E-state index is 12.9. The molecule has 0 fully saturated rings. The number of likely N-dealkylation sites (N-methyl/N-ethyl adjacent to an activating group) is 1. The van der Waals surface area contributed by atoms with E-state index in [1.54, 1.807) is 17.0 Å². The van der Waals surface area contributed by atoms with Crippen molar-refractivity contribution in [2.45, 2.75) is 46.6 Å². The Morgan fingerprint density at radius 2 is 1.70 bits per heavy atom. The largest absolute Gasteiger partial charge is 0.352 e. The summed E-state index contributed by atoms with van der Waals surface area (Å²) in [6.45, 7) is 10.3. The van der Waals surface area contributed by atoms with Crippen LogP contribution in [0, 0.1) is 5.92 Å².